The average Bonchev–Trinajstić information content (AvgIpc) is 2.98. The Morgan fingerprint density at radius 2 is 2.21 bits per heavy atom. The van der Waals surface area contributed by atoms with Gasteiger partial charge >= 0.3 is 0 Å². The van der Waals surface area contributed by atoms with E-state index in [1.807, 2.05) is 15.3 Å². The van der Waals surface area contributed by atoms with Crippen molar-refractivity contribution in [1.29, 1.82) is 0 Å². The van der Waals surface area contributed by atoms with Gasteiger partial charge in [0.05, 0.1) is 11.3 Å². The van der Waals surface area contributed by atoms with Gasteiger partial charge in [-0.3, -0.25) is 4.57 Å². The number of anilines is 1. The van der Waals surface area contributed by atoms with Crippen LogP contribution >= 0.6 is 11.6 Å². The van der Waals surface area contributed by atoms with Crippen LogP contribution in [0.3, 0.4) is 0 Å². The van der Waals surface area contributed by atoms with Crippen molar-refractivity contribution < 1.29 is 0 Å². The Bertz CT molecular complexity index is 688. The molecular formula is C12H13ClN6. The van der Waals surface area contributed by atoms with Gasteiger partial charge in [0, 0.05) is 31.7 Å². The molecule has 0 fully saturated rings. The lowest BCUT2D eigenvalue weighted by Gasteiger charge is -2.06. The van der Waals surface area contributed by atoms with E-state index in [0.29, 0.717) is 11.0 Å². The summed E-state index contributed by atoms with van der Waals surface area (Å²) in [5, 5.41) is 0.565. The van der Waals surface area contributed by atoms with Crippen molar-refractivity contribution >= 4 is 28.7 Å². The molecule has 6 nitrogen and oxygen atoms in total. The molecule has 0 saturated heterocycles. The number of nitrogens with two attached hydrogens (primary N) is 1. The third-order valence-corrected chi connectivity index (χ3v) is 3.15. The second kappa shape index (κ2) is 4.89. The largest absolute Gasteiger partial charge is 0.369 e. The molecule has 19 heavy (non-hydrogen) atoms. The average molecular weight is 277 g/mol. The number of imidazole rings is 2. The maximum Gasteiger partial charge on any atom is 0.202 e. The van der Waals surface area contributed by atoms with Gasteiger partial charge in [-0.2, -0.15) is 0 Å². The van der Waals surface area contributed by atoms with Gasteiger partial charge in [0.15, 0.2) is 5.65 Å². The number of aromatic nitrogens is 5. The summed E-state index contributed by atoms with van der Waals surface area (Å²) >= 11 is 5.89. The van der Waals surface area contributed by atoms with Crippen LogP contribution in [-0.2, 0) is 13.1 Å². The minimum atomic E-state index is 0.468. The normalized spacial score (nSPS) is 11.2. The summed E-state index contributed by atoms with van der Waals surface area (Å²) < 4.78 is 3.93. The van der Waals surface area contributed by atoms with E-state index in [1.54, 1.807) is 24.8 Å². The van der Waals surface area contributed by atoms with Crippen LogP contribution in [0.15, 0.2) is 31.0 Å². The highest BCUT2D eigenvalue weighted by molar-refractivity contribution is 6.31. The highest BCUT2D eigenvalue weighted by Gasteiger charge is 2.09. The Hall–Kier alpha value is -2.08. The molecular weight excluding hydrogens is 264 g/mol. The molecule has 0 aliphatic heterocycles. The van der Waals surface area contributed by atoms with Crippen LogP contribution in [-0.4, -0.2) is 24.1 Å². The monoisotopic (exact) mass is 276 g/mol. The van der Waals surface area contributed by atoms with Gasteiger partial charge < -0.3 is 10.3 Å². The van der Waals surface area contributed by atoms with Crippen LogP contribution in [0.5, 0.6) is 0 Å². The summed E-state index contributed by atoms with van der Waals surface area (Å²) in [7, 11) is 0. The molecule has 0 spiro atoms. The van der Waals surface area contributed by atoms with Crippen molar-refractivity contribution in [2.75, 3.05) is 5.73 Å². The summed E-state index contributed by atoms with van der Waals surface area (Å²) in [6.07, 6.45) is 8.04. The zero-order valence-corrected chi connectivity index (χ0v) is 11.0. The zero-order valence-electron chi connectivity index (χ0n) is 10.2. The Morgan fingerprint density at radius 3 is 3.00 bits per heavy atom. The molecule has 0 aliphatic rings. The van der Waals surface area contributed by atoms with Gasteiger partial charge in [-0.05, 0) is 12.5 Å². The van der Waals surface area contributed by atoms with Crippen LogP contribution in [0.2, 0.25) is 5.02 Å². The minimum Gasteiger partial charge on any atom is -0.369 e. The molecule has 0 unspecified atom stereocenters. The standard InChI is InChI=1S/C12H13ClN6/c13-9-6-10-11(16-7-9)19(12(14)17-10)4-1-3-18-5-2-15-8-18/h2,5-8H,1,3-4H2,(H2,14,17). The lowest BCUT2D eigenvalue weighted by Crippen LogP contribution is -2.06. The van der Waals surface area contributed by atoms with Crippen molar-refractivity contribution in [3.05, 3.63) is 36.0 Å². The van der Waals surface area contributed by atoms with Crippen LogP contribution in [0, 0.1) is 0 Å². The molecule has 3 rings (SSSR count). The fourth-order valence-electron chi connectivity index (χ4n) is 2.05. The first-order valence-electron chi connectivity index (χ1n) is 5.97. The second-order valence-corrected chi connectivity index (χ2v) is 4.71. The highest BCUT2D eigenvalue weighted by Crippen LogP contribution is 2.19. The smallest absolute Gasteiger partial charge is 0.202 e. The maximum atomic E-state index is 5.91. The maximum absolute atomic E-state index is 5.91. The predicted octanol–water partition coefficient (Wildman–Crippen LogP) is 1.95. The molecule has 0 aliphatic carbocycles. The molecule has 0 aromatic carbocycles. The van der Waals surface area contributed by atoms with Crippen molar-refractivity contribution in [2.24, 2.45) is 0 Å². The summed E-state index contributed by atoms with van der Waals surface area (Å²) in [6, 6.07) is 1.77. The first kappa shape index (κ1) is 12.0. The van der Waals surface area contributed by atoms with Gasteiger partial charge in [0.1, 0.15) is 5.52 Å². The molecule has 0 amide bonds. The summed E-state index contributed by atoms with van der Waals surface area (Å²) in [4.78, 5) is 12.6. The van der Waals surface area contributed by atoms with Gasteiger partial charge in [0.2, 0.25) is 5.95 Å². The fraction of sp³-hybridized carbons (Fsp3) is 0.250. The van der Waals surface area contributed by atoms with E-state index in [-0.39, 0.29) is 0 Å². The first-order chi connectivity index (χ1) is 9.24. The van der Waals surface area contributed by atoms with E-state index in [9.17, 15) is 0 Å². The molecule has 98 valence electrons. The van der Waals surface area contributed by atoms with Crippen molar-refractivity contribution in [2.45, 2.75) is 19.5 Å². The third kappa shape index (κ3) is 2.39. The van der Waals surface area contributed by atoms with Crippen LogP contribution < -0.4 is 5.73 Å². The van der Waals surface area contributed by atoms with E-state index in [2.05, 4.69) is 15.0 Å². The summed E-state index contributed by atoms with van der Waals surface area (Å²) in [6.45, 7) is 1.64. The topological polar surface area (TPSA) is 74.5 Å². The number of hydrogen-bond donors (Lipinski definition) is 1. The van der Waals surface area contributed by atoms with Crippen molar-refractivity contribution in [3.63, 3.8) is 0 Å². The van der Waals surface area contributed by atoms with Gasteiger partial charge in [-0.25, -0.2) is 15.0 Å². The van der Waals surface area contributed by atoms with Gasteiger partial charge in [-0.15, -0.1) is 0 Å². The predicted molar refractivity (Wildman–Crippen MR) is 73.8 cm³/mol. The van der Waals surface area contributed by atoms with E-state index >= 15 is 0 Å². The molecule has 2 N–H and O–H groups in total. The number of pyridine rings is 1. The quantitative estimate of drug-likeness (QED) is 0.790. The lowest BCUT2D eigenvalue weighted by atomic mass is 10.4. The Labute approximate surface area is 114 Å². The highest BCUT2D eigenvalue weighted by atomic mass is 35.5. The second-order valence-electron chi connectivity index (χ2n) is 4.27. The van der Waals surface area contributed by atoms with E-state index in [4.69, 9.17) is 17.3 Å². The molecule has 3 aromatic rings. The molecule has 0 atom stereocenters. The number of fused-ring (bicyclic) bond motifs is 1. The minimum absolute atomic E-state index is 0.468. The molecule has 0 bridgehead atoms. The van der Waals surface area contributed by atoms with E-state index in [1.165, 1.54) is 0 Å². The molecule has 3 aromatic heterocycles. The van der Waals surface area contributed by atoms with E-state index in [0.717, 1.165) is 30.7 Å². The molecule has 3 heterocycles. The third-order valence-electron chi connectivity index (χ3n) is 2.94. The molecule has 7 heteroatoms. The number of nitrogens with zero attached hydrogens (tertiary/aromatic N) is 5. The number of aryl methyl sites for hydroxylation is 2. The van der Waals surface area contributed by atoms with Crippen molar-refractivity contribution in [1.82, 2.24) is 24.1 Å². The summed E-state index contributed by atoms with van der Waals surface area (Å²) in [5.41, 5.74) is 7.41. The van der Waals surface area contributed by atoms with Crippen molar-refractivity contribution in [3.8, 4) is 0 Å². The molecule has 0 radical (unpaired) electrons. The van der Waals surface area contributed by atoms with Gasteiger partial charge in [0.25, 0.3) is 0 Å². The lowest BCUT2D eigenvalue weighted by molar-refractivity contribution is 0.573. The van der Waals surface area contributed by atoms with Gasteiger partial charge in [-0.1, -0.05) is 11.6 Å². The molecule has 0 saturated carbocycles. The number of halogens is 1. The number of hydrogen-bond acceptors (Lipinski definition) is 4. The van der Waals surface area contributed by atoms with E-state index < -0.39 is 0 Å². The number of rotatable bonds is 4. The fourth-order valence-corrected chi connectivity index (χ4v) is 2.21. The number of nitrogen functional groups attached to an aromatic ring is 1. The van der Waals surface area contributed by atoms with Crippen LogP contribution in [0.25, 0.3) is 11.2 Å². The van der Waals surface area contributed by atoms with Crippen LogP contribution in [0.4, 0.5) is 5.95 Å². The summed E-state index contributed by atoms with van der Waals surface area (Å²) in [5.74, 6) is 0.468. The van der Waals surface area contributed by atoms with Crippen LogP contribution in [0.1, 0.15) is 6.42 Å². The Kier molecular flexibility index (Phi) is 3.08. The SMILES string of the molecule is Nc1nc2cc(Cl)cnc2n1CCCn1ccnc1. The Balaban J connectivity index is 1.78. The zero-order chi connectivity index (χ0) is 13.2. The first-order valence-corrected chi connectivity index (χ1v) is 6.35. The Morgan fingerprint density at radius 1 is 1.32 bits per heavy atom.